The highest BCUT2D eigenvalue weighted by molar-refractivity contribution is 5.87. The van der Waals surface area contributed by atoms with Crippen LogP contribution in [0.5, 0.6) is 0 Å². The fourth-order valence-electron chi connectivity index (χ4n) is 3.46. The third-order valence-electron chi connectivity index (χ3n) is 4.80. The van der Waals surface area contributed by atoms with Crippen molar-refractivity contribution in [2.45, 2.75) is 31.8 Å². The van der Waals surface area contributed by atoms with Crippen LogP contribution in [0.2, 0.25) is 0 Å². The van der Waals surface area contributed by atoms with E-state index in [1.165, 1.54) is 0 Å². The SMILES string of the molecule is CN(C)C/C=C/C(=O)N1CCCC(c2nnc3n2CCN(C)C3)C1. The molecule has 0 radical (unpaired) electrons. The van der Waals surface area contributed by atoms with Crippen LogP contribution < -0.4 is 0 Å². The largest absolute Gasteiger partial charge is 0.338 e. The molecule has 2 aliphatic rings. The van der Waals surface area contributed by atoms with Crippen molar-refractivity contribution in [2.24, 2.45) is 0 Å². The third kappa shape index (κ3) is 3.84. The number of amides is 1. The Bertz CT molecular complexity index is 608. The molecule has 3 heterocycles. The molecule has 0 spiro atoms. The van der Waals surface area contributed by atoms with Gasteiger partial charge in [0.1, 0.15) is 11.6 Å². The van der Waals surface area contributed by atoms with Crippen molar-refractivity contribution < 1.29 is 4.79 Å². The molecule has 1 atom stereocenters. The van der Waals surface area contributed by atoms with Crippen LogP contribution >= 0.6 is 0 Å². The number of nitrogens with zero attached hydrogens (tertiary/aromatic N) is 6. The Morgan fingerprint density at radius 2 is 2.12 bits per heavy atom. The Labute approximate surface area is 143 Å². The molecule has 0 aliphatic carbocycles. The topological polar surface area (TPSA) is 57.5 Å². The van der Waals surface area contributed by atoms with Gasteiger partial charge in [0.05, 0.1) is 6.54 Å². The summed E-state index contributed by atoms with van der Waals surface area (Å²) in [5.41, 5.74) is 0. The van der Waals surface area contributed by atoms with Gasteiger partial charge in [-0.1, -0.05) is 6.08 Å². The van der Waals surface area contributed by atoms with Crippen molar-refractivity contribution in [3.8, 4) is 0 Å². The minimum Gasteiger partial charge on any atom is -0.338 e. The van der Waals surface area contributed by atoms with E-state index in [1.54, 1.807) is 6.08 Å². The van der Waals surface area contributed by atoms with Gasteiger partial charge >= 0.3 is 0 Å². The molecule has 2 aliphatic heterocycles. The molecule has 0 aromatic carbocycles. The van der Waals surface area contributed by atoms with Crippen LogP contribution in [-0.4, -0.2) is 82.7 Å². The van der Waals surface area contributed by atoms with Crippen LogP contribution in [0.4, 0.5) is 0 Å². The molecular formula is C17H28N6O. The molecule has 0 N–H and O–H groups in total. The molecule has 1 amide bonds. The summed E-state index contributed by atoms with van der Waals surface area (Å²) >= 11 is 0. The molecule has 132 valence electrons. The minimum atomic E-state index is 0.111. The van der Waals surface area contributed by atoms with Gasteiger partial charge in [-0.15, -0.1) is 10.2 Å². The zero-order valence-electron chi connectivity index (χ0n) is 15.0. The quantitative estimate of drug-likeness (QED) is 0.754. The second-order valence-corrected chi connectivity index (χ2v) is 7.15. The van der Waals surface area contributed by atoms with Crippen molar-refractivity contribution in [1.82, 2.24) is 29.5 Å². The number of carbonyl (C=O) groups excluding carboxylic acids is 1. The highest BCUT2D eigenvalue weighted by Crippen LogP contribution is 2.27. The van der Waals surface area contributed by atoms with Gasteiger partial charge in [-0.05, 0) is 34.0 Å². The average Bonchev–Trinajstić information content (AvgIpc) is 2.97. The van der Waals surface area contributed by atoms with E-state index in [2.05, 4.69) is 26.7 Å². The van der Waals surface area contributed by atoms with Crippen LogP contribution in [0.25, 0.3) is 0 Å². The van der Waals surface area contributed by atoms with Gasteiger partial charge in [0.15, 0.2) is 0 Å². The molecule has 1 fully saturated rings. The van der Waals surface area contributed by atoms with Gasteiger partial charge in [-0.2, -0.15) is 0 Å². The summed E-state index contributed by atoms with van der Waals surface area (Å²) in [5, 5.41) is 8.83. The third-order valence-corrected chi connectivity index (χ3v) is 4.80. The number of likely N-dealkylation sites (N-methyl/N-ethyl adjacent to an activating group) is 2. The number of hydrogen-bond donors (Lipinski definition) is 0. The van der Waals surface area contributed by atoms with E-state index in [-0.39, 0.29) is 5.91 Å². The summed E-state index contributed by atoms with van der Waals surface area (Å²) in [6.45, 7) is 5.20. The average molecular weight is 332 g/mol. The number of likely N-dealkylation sites (tertiary alicyclic amines) is 1. The van der Waals surface area contributed by atoms with E-state index >= 15 is 0 Å². The molecule has 0 saturated carbocycles. The van der Waals surface area contributed by atoms with E-state index in [0.717, 1.165) is 63.8 Å². The fourth-order valence-corrected chi connectivity index (χ4v) is 3.46. The lowest BCUT2D eigenvalue weighted by molar-refractivity contribution is -0.127. The Morgan fingerprint density at radius 1 is 1.29 bits per heavy atom. The standard InChI is InChI=1S/C17H28N6O/c1-20(2)8-5-7-16(24)22-9-4-6-14(12-22)17-19-18-15-13-21(3)10-11-23(15)17/h5,7,14H,4,6,8-13H2,1-3H3/b7-5+. The van der Waals surface area contributed by atoms with E-state index in [4.69, 9.17) is 0 Å². The van der Waals surface area contributed by atoms with E-state index in [9.17, 15) is 4.79 Å². The van der Waals surface area contributed by atoms with Crippen molar-refractivity contribution in [3.05, 3.63) is 23.8 Å². The number of fused-ring (bicyclic) bond motifs is 1. The van der Waals surface area contributed by atoms with Crippen molar-refractivity contribution in [1.29, 1.82) is 0 Å². The maximum absolute atomic E-state index is 12.4. The minimum absolute atomic E-state index is 0.111. The molecule has 7 heteroatoms. The highest BCUT2D eigenvalue weighted by atomic mass is 16.2. The number of rotatable bonds is 4. The van der Waals surface area contributed by atoms with Crippen molar-refractivity contribution in [3.63, 3.8) is 0 Å². The first-order valence-electron chi connectivity index (χ1n) is 8.75. The van der Waals surface area contributed by atoms with Crippen molar-refractivity contribution in [2.75, 3.05) is 47.3 Å². The molecule has 1 aromatic heterocycles. The van der Waals surface area contributed by atoms with Crippen LogP contribution in [0.15, 0.2) is 12.2 Å². The van der Waals surface area contributed by atoms with Crippen LogP contribution in [0.1, 0.15) is 30.4 Å². The number of carbonyl (C=O) groups is 1. The normalized spacial score (nSPS) is 22.3. The Kier molecular flexibility index (Phi) is 5.30. The molecule has 1 unspecified atom stereocenters. The summed E-state index contributed by atoms with van der Waals surface area (Å²) in [7, 11) is 6.11. The van der Waals surface area contributed by atoms with Crippen LogP contribution in [0, 0.1) is 0 Å². The van der Waals surface area contributed by atoms with E-state index in [0.29, 0.717) is 5.92 Å². The first kappa shape index (κ1) is 17.1. The van der Waals surface area contributed by atoms with E-state index in [1.807, 2.05) is 30.0 Å². The summed E-state index contributed by atoms with van der Waals surface area (Å²) in [6, 6.07) is 0. The first-order valence-corrected chi connectivity index (χ1v) is 8.75. The predicted octanol–water partition coefficient (Wildman–Crippen LogP) is 0.547. The smallest absolute Gasteiger partial charge is 0.246 e. The molecule has 1 saturated heterocycles. The summed E-state index contributed by atoms with van der Waals surface area (Å²) in [5.74, 6) is 2.52. The van der Waals surface area contributed by atoms with Crippen molar-refractivity contribution >= 4 is 5.91 Å². The lowest BCUT2D eigenvalue weighted by atomic mass is 9.97. The van der Waals surface area contributed by atoms with Crippen LogP contribution in [0.3, 0.4) is 0 Å². The highest BCUT2D eigenvalue weighted by Gasteiger charge is 2.29. The molecule has 3 rings (SSSR count). The second-order valence-electron chi connectivity index (χ2n) is 7.15. The second kappa shape index (κ2) is 7.44. The molecular weight excluding hydrogens is 304 g/mol. The fraction of sp³-hybridized carbons (Fsp3) is 0.706. The predicted molar refractivity (Wildman–Crippen MR) is 92.6 cm³/mol. The number of aromatic nitrogens is 3. The Balaban J connectivity index is 1.66. The van der Waals surface area contributed by atoms with Gasteiger partial charge in [0.25, 0.3) is 0 Å². The zero-order valence-corrected chi connectivity index (χ0v) is 15.0. The molecule has 24 heavy (non-hydrogen) atoms. The van der Waals surface area contributed by atoms with Gasteiger partial charge in [0, 0.05) is 44.7 Å². The summed E-state index contributed by atoms with van der Waals surface area (Å²) < 4.78 is 2.26. The number of piperidine rings is 1. The van der Waals surface area contributed by atoms with Crippen LogP contribution in [-0.2, 0) is 17.9 Å². The summed E-state index contributed by atoms with van der Waals surface area (Å²) in [4.78, 5) is 18.7. The molecule has 7 nitrogen and oxygen atoms in total. The molecule has 0 bridgehead atoms. The van der Waals surface area contributed by atoms with E-state index < -0.39 is 0 Å². The first-order chi connectivity index (χ1) is 11.5. The Hall–Kier alpha value is -1.73. The van der Waals surface area contributed by atoms with Gasteiger partial charge in [-0.25, -0.2) is 0 Å². The monoisotopic (exact) mass is 332 g/mol. The zero-order chi connectivity index (χ0) is 17.1. The molecule has 1 aromatic rings. The Morgan fingerprint density at radius 3 is 2.92 bits per heavy atom. The lowest BCUT2D eigenvalue weighted by Crippen LogP contribution is -2.39. The number of hydrogen-bond acceptors (Lipinski definition) is 5. The van der Waals surface area contributed by atoms with Gasteiger partial charge in [-0.3, -0.25) is 9.69 Å². The maximum atomic E-state index is 12.4. The summed E-state index contributed by atoms with van der Waals surface area (Å²) in [6.07, 6.45) is 5.75. The maximum Gasteiger partial charge on any atom is 0.246 e. The van der Waals surface area contributed by atoms with Gasteiger partial charge in [0.2, 0.25) is 5.91 Å². The van der Waals surface area contributed by atoms with Gasteiger partial charge < -0.3 is 14.4 Å². The lowest BCUT2D eigenvalue weighted by Gasteiger charge is -2.32.